The lowest BCUT2D eigenvalue weighted by atomic mass is 9.97. The molecule has 4 aromatic rings. The number of nitrogens with one attached hydrogen (secondary N) is 2. The minimum atomic E-state index is -0.648. The Morgan fingerprint density at radius 1 is 1.20 bits per heavy atom. The van der Waals surface area contributed by atoms with Crippen molar-refractivity contribution >= 4 is 11.6 Å². The second kappa shape index (κ2) is 7.57. The highest BCUT2D eigenvalue weighted by Crippen LogP contribution is 2.27. The summed E-state index contributed by atoms with van der Waals surface area (Å²) >= 11 is 0. The van der Waals surface area contributed by atoms with Gasteiger partial charge in [0.15, 0.2) is 11.8 Å². The van der Waals surface area contributed by atoms with Crippen LogP contribution in [-0.2, 0) is 22.5 Å². The van der Waals surface area contributed by atoms with Crippen molar-refractivity contribution in [3.63, 3.8) is 0 Å². The van der Waals surface area contributed by atoms with E-state index < -0.39 is 6.10 Å². The van der Waals surface area contributed by atoms with Crippen molar-refractivity contribution in [2.75, 3.05) is 6.61 Å². The summed E-state index contributed by atoms with van der Waals surface area (Å²) in [5, 5.41) is 5.89. The predicted octanol–water partition coefficient (Wildman–Crippen LogP) is 2.01. The Balaban J connectivity index is 1.36. The minimum absolute atomic E-state index is 0.141. The van der Waals surface area contributed by atoms with Crippen molar-refractivity contribution < 1.29 is 9.53 Å². The summed E-state index contributed by atoms with van der Waals surface area (Å²) in [6.45, 7) is 0.643. The molecule has 8 heteroatoms. The first-order chi connectivity index (χ1) is 14.7. The van der Waals surface area contributed by atoms with Crippen molar-refractivity contribution in [3.05, 3.63) is 88.1 Å². The number of fused-ring (bicyclic) bond motifs is 2. The minimum Gasteiger partial charge on any atom is -0.363 e. The third-order valence-electron chi connectivity index (χ3n) is 5.17. The molecule has 0 radical (unpaired) electrons. The van der Waals surface area contributed by atoms with Crippen LogP contribution >= 0.6 is 0 Å². The Morgan fingerprint density at radius 3 is 2.90 bits per heavy atom. The molecule has 150 valence electrons. The molecule has 0 saturated heterocycles. The van der Waals surface area contributed by atoms with Gasteiger partial charge in [-0.15, -0.1) is 0 Å². The molecule has 30 heavy (non-hydrogen) atoms. The molecule has 3 aromatic heterocycles. The van der Waals surface area contributed by atoms with E-state index in [4.69, 9.17) is 4.74 Å². The van der Waals surface area contributed by atoms with Gasteiger partial charge in [-0.1, -0.05) is 24.3 Å². The number of H-pyrrole nitrogens is 1. The number of aromatic amines is 1. The normalized spacial score (nSPS) is 15.7. The third kappa shape index (κ3) is 3.37. The highest BCUT2D eigenvalue weighted by atomic mass is 16.5. The van der Waals surface area contributed by atoms with Gasteiger partial charge in [-0.3, -0.25) is 19.7 Å². The molecule has 0 spiro atoms. The van der Waals surface area contributed by atoms with Crippen LogP contribution in [-0.4, -0.2) is 32.1 Å². The molecule has 8 nitrogen and oxygen atoms in total. The molecule has 1 aliphatic heterocycles. The van der Waals surface area contributed by atoms with Crippen LogP contribution in [0, 0.1) is 0 Å². The molecule has 1 atom stereocenters. The van der Waals surface area contributed by atoms with Gasteiger partial charge in [0.1, 0.15) is 0 Å². The summed E-state index contributed by atoms with van der Waals surface area (Å²) in [6.07, 6.45) is 3.51. The maximum absolute atomic E-state index is 12.7. The Hall–Kier alpha value is -3.78. The fourth-order valence-corrected chi connectivity index (χ4v) is 3.69. The zero-order chi connectivity index (χ0) is 20.5. The number of carbonyl (C=O) groups is 1. The molecular weight excluding hydrogens is 382 g/mol. The number of carbonyl (C=O) groups excluding carboxylic acids is 1. The summed E-state index contributed by atoms with van der Waals surface area (Å²) in [5.41, 5.74) is 4.39. The molecule has 0 unspecified atom stereocenters. The van der Waals surface area contributed by atoms with E-state index in [1.165, 1.54) is 10.6 Å². The molecule has 0 saturated carbocycles. The number of benzene rings is 1. The lowest BCUT2D eigenvalue weighted by molar-refractivity contribution is -0.134. The number of amides is 1. The van der Waals surface area contributed by atoms with Crippen molar-refractivity contribution in [3.8, 4) is 11.3 Å². The van der Waals surface area contributed by atoms with Crippen LogP contribution in [0.4, 0.5) is 0 Å². The molecule has 0 aliphatic carbocycles. The van der Waals surface area contributed by atoms with Gasteiger partial charge < -0.3 is 10.1 Å². The lowest BCUT2D eigenvalue weighted by Gasteiger charge is -2.25. The predicted molar refractivity (Wildman–Crippen MR) is 110 cm³/mol. The van der Waals surface area contributed by atoms with E-state index in [2.05, 4.69) is 20.4 Å². The number of ether oxygens (including phenoxy) is 1. The van der Waals surface area contributed by atoms with Gasteiger partial charge in [0, 0.05) is 30.1 Å². The molecule has 1 aromatic carbocycles. The molecule has 4 heterocycles. The third-order valence-corrected chi connectivity index (χ3v) is 5.17. The largest absolute Gasteiger partial charge is 0.363 e. The van der Waals surface area contributed by atoms with Crippen molar-refractivity contribution in [1.82, 2.24) is 24.9 Å². The van der Waals surface area contributed by atoms with Gasteiger partial charge in [-0.25, -0.2) is 9.50 Å². The fourth-order valence-electron chi connectivity index (χ4n) is 3.69. The summed E-state index contributed by atoms with van der Waals surface area (Å²) in [4.78, 5) is 33.7. The van der Waals surface area contributed by atoms with E-state index >= 15 is 0 Å². The Bertz CT molecular complexity index is 1280. The van der Waals surface area contributed by atoms with Crippen molar-refractivity contribution in [2.45, 2.75) is 19.1 Å². The Morgan fingerprint density at radius 2 is 2.03 bits per heavy atom. The number of nitrogens with zero attached hydrogens (tertiary/aromatic N) is 3. The summed E-state index contributed by atoms with van der Waals surface area (Å²) in [6, 6.07) is 14.7. The van der Waals surface area contributed by atoms with Gasteiger partial charge in [0.25, 0.3) is 11.5 Å². The van der Waals surface area contributed by atoms with Crippen molar-refractivity contribution in [1.29, 1.82) is 0 Å². The molecule has 0 fully saturated rings. The number of rotatable bonds is 4. The molecule has 0 bridgehead atoms. The SMILES string of the molecule is O=C(NCc1cc(=O)n2[nH]c(-c3ccncc3)cc2n1)[C@@H]1OCCc2ccccc21. The van der Waals surface area contributed by atoms with Gasteiger partial charge in [-0.2, -0.15) is 0 Å². The standard InChI is InChI=1S/C22H19N5O3/c28-20-11-16(25-19-12-18(26-27(19)20)15-5-8-23-9-6-15)13-24-22(29)21-17-4-2-1-3-14(17)7-10-30-21/h1-6,8-9,11-12,21,26H,7,10,13H2,(H,24,29)/t21-/m1/s1. The molecule has 5 rings (SSSR count). The van der Waals surface area contributed by atoms with Gasteiger partial charge >= 0.3 is 0 Å². The quantitative estimate of drug-likeness (QED) is 0.545. The maximum Gasteiger partial charge on any atom is 0.272 e. The van der Waals surface area contributed by atoms with Crippen LogP contribution in [0.25, 0.3) is 16.9 Å². The van der Waals surface area contributed by atoms with Crippen LogP contribution in [0.5, 0.6) is 0 Å². The van der Waals surface area contributed by atoms with Gasteiger partial charge in [0.2, 0.25) is 0 Å². The van der Waals surface area contributed by atoms with E-state index in [0.717, 1.165) is 28.8 Å². The van der Waals surface area contributed by atoms with Gasteiger partial charge in [-0.05, 0) is 29.7 Å². The van der Waals surface area contributed by atoms with Crippen molar-refractivity contribution in [2.24, 2.45) is 0 Å². The van der Waals surface area contributed by atoms with Crippen LogP contribution < -0.4 is 10.9 Å². The summed E-state index contributed by atoms with van der Waals surface area (Å²) in [7, 11) is 0. The van der Waals surface area contributed by atoms with Crippen LogP contribution in [0.1, 0.15) is 22.9 Å². The zero-order valence-electron chi connectivity index (χ0n) is 16.0. The molecule has 1 aliphatic rings. The van der Waals surface area contributed by atoms with E-state index in [1.807, 2.05) is 36.4 Å². The zero-order valence-corrected chi connectivity index (χ0v) is 16.0. The highest BCUT2D eigenvalue weighted by Gasteiger charge is 2.27. The van der Waals surface area contributed by atoms with Crippen LogP contribution in [0.2, 0.25) is 0 Å². The number of hydrogen-bond donors (Lipinski definition) is 2. The van der Waals surface area contributed by atoms with Crippen LogP contribution in [0.15, 0.2) is 65.7 Å². The fraction of sp³-hybridized carbons (Fsp3) is 0.182. The molecular formula is C22H19N5O3. The summed E-state index contributed by atoms with van der Waals surface area (Å²) < 4.78 is 7.07. The Kier molecular flexibility index (Phi) is 4.61. The average molecular weight is 401 g/mol. The van der Waals surface area contributed by atoms with E-state index in [-0.39, 0.29) is 18.0 Å². The van der Waals surface area contributed by atoms with E-state index in [0.29, 0.717) is 17.9 Å². The second-order valence-corrected chi connectivity index (χ2v) is 7.10. The summed E-state index contributed by atoms with van der Waals surface area (Å²) in [5.74, 6) is -0.240. The molecule has 1 amide bonds. The number of hydrogen-bond acceptors (Lipinski definition) is 5. The molecule has 2 N–H and O–H groups in total. The smallest absolute Gasteiger partial charge is 0.272 e. The number of pyridine rings is 1. The first-order valence-corrected chi connectivity index (χ1v) is 9.68. The monoisotopic (exact) mass is 401 g/mol. The average Bonchev–Trinajstić information content (AvgIpc) is 3.23. The Labute approximate surface area is 171 Å². The highest BCUT2D eigenvalue weighted by molar-refractivity contribution is 5.82. The van der Waals surface area contributed by atoms with Crippen LogP contribution in [0.3, 0.4) is 0 Å². The topological polar surface area (TPSA) is 101 Å². The first kappa shape index (κ1) is 18.3. The van der Waals surface area contributed by atoms with E-state index in [9.17, 15) is 9.59 Å². The van der Waals surface area contributed by atoms with E-state index in [1.54, 1.807) is 18.5 Å². The first-order valence-electron chi connectivity index (χ1n) is 9.68. The van der Waals surface area contributed by atoms with Gasteiger partial charge in [0.05, 0.1) is 24.5 Å². The second-order valence-electron chi connectivity index (χ2n) is 7.10. The maximum atomic E-state index is 12.7. The number of aromatic nitrogens is 4. The lowest BCUT2D eigenvalue weighted by Crippen LogP contribution is -2.34.